The number of benzene rings is 1. The third kappa shape index (κ3) is 3.14. The number of rotatable bonds is 3. The second kappa shape index (κ2) is 6.53. The highest BCUT2D eigenvalue weighted by Crippen LogP contribution is 2.39. The Labute approximate surface area is 155 Å². The third-order valence-corrected chi connectivity index (χ3v) is 5.29. The van der Waals surface area contributed by atoms with Crippen molar-refractivity contribution in [1.29, 1.82) is 0 Å². The summed E-state index contributed by atoms with van der Waals surface area (Å²) >= 11 is 0. The predicted octanol–water partition coefficient (Wildman–Crippen LogP) is 2.64. The first-order valence-corrected chi connectivity index (χ1v) is 9.14. The number of anilines is 1. The van der Waals surface area contributed by atoms with Gasteiger partial charge in [0.25, 0.3) is 0 Å². The standard InChI is InChI=1S/C19H22FN3O4/c1-10-8-22(6-5-21-10)14-7-13-16(11(2)17(14)20)18(24)15(27-19(25)26)9-23(13)12-3-4-12/h7,9-10,12,21H,3-6,8H2,1-2H3,(H,25,26). The molecule has 0 bridgehead atoms. The zero-order valence-electron chi connectivity index (χ0n) is 15.3. The number of hydrogen-bond donors (Lipinski definition) is 2. The minimum Gasteiger partial charge on any atom is -0.449 e. The van der Waals surface area contributed by atoms with Crippen molar-refractivity contribution in [3.05, 3.63) is 33.9 Å². The maximum atomic E-state index is 15.2. The Kier molecular flexibility index (Phi) is 4.30. The quantitative estimate of drug-likeness (QED) is 0.803. The lowest BCUT2D eigenvalue weighted by atomic mass is 10.0. The minimum absolute atomic E-state index is 0.170. The molecule has 0 spiro atoms. The molecule has 0 amide bonds. The highest BCUT2D eigenvalue weighted by Gasteiger charge is 2.29. The average Bonchev–Trinajstić information content (AvgIpc) is 3.44. The van der Waals surface area contributed by atoms with Crippen LogP contribution in [0.3, 0.4) is 0 Å². The first-order chi connectivity index (χ1) is 12.9. The molecule has 27 heavy (non-hydrogen) atoms. The molecule has 4 rings (SSSR count). The van der Waals surface area contributed by atoms with E-state index in [0.717, 1.165) is 19.4 Å². The number of ether oxygens (including phenoxy) is 1. The molecule has 2 N–H and O–H groups in total. The monoisotopic (exact) mass is 375 g/mol. The normalized spacial score (nSPS) is 20.1. The van der Waals surface area contributed by atoms with E-state index in [1.807, 2.05) is 16.4 Å². The maximum absolute atomic E-state index is 15.2. The molecule has 1 unspecified atom stereocenters. The van der Waals surface area contributed by atoms with E-state index in [2.05, 4.69) is 10.1 Å². The van der Waals surface area contributed by atoms with Crippen molar-refractivity contribution in [1.82, 2.24) is 9.88 Å². The smallest absolute Gasteiger partial charge is 0.449 e. The summed E-state index contributed by atoms with van der Waals surface area (Å²) < 4.78 is 21.7. The van der Waals surface area contributed by atoms with Crippen molar-refractivity contribution in [3.8, 4) is 5.75 Å². The molecule has 1 aromatic heterocycles. The zero-order valence-corrected chi connectivity index (χ0v) is 15.3. The van der Waals surface area contributed by atoms with Gasteiger partial charge in [0, 0.05) is 37.3 Å². The van der Waals surface area contributed by atoms with Gasteiger partial charge < -0.3 is 24.6 Å². The number of hydrogen-bond acceptors (Lipinski definition) is 5. The Morgan fingerprint density at radius 2 is 2.15 bits per heavy atom. The molecule has 1 aliphatic carbocycles. The van der Waals surface area contributed by atoms with E-state index in [1.54, 1.807) is 13.0 Å². The highest BCUT2D eigenvalue weighted by molar-refractivity contribution is 5.88. The van der Waals surface area contributed by atoms with E-state index in [-0.39, 0.29) is 28.8 Å². The molecule has 1 atom stereocenters. The number of nitrogens with one attached hydrogen (secondary N) is 1. The summed E-state index contributed by atoms with van der Waals surface area (Å²) in [6, 6.07) is 2.13. The van der Waals surface area contributed by atoms with Crippen LogP contribution in [0.5, 0.6) is 5.75 Å². The number of aromatic nitrogens is 1. The Balaban J connectivity index is 1.94. The van der Waals surface area contributed by atoms with Gasteiger partial charge in [-0.05, 0) is 32.8 Å². The molecule has 2 aromatic rings. The number of carbonyl (C=O) groups is 1. The van der Waals surface area contributed by atoms with Gasteiger partial charge in [-0.25, -0.2) is 9.18 Å². The van der Waals surface area contributed by atoms with Crippen LogP contribution in [0.2, 0.25) is 0 Å². The van der Waals surface area contributed by atoms with Crippen molar-refractivity contribution >= 4 is 22.7 Å². The van der Waals surface area contributed by atoms with Crippen LogP contribution in [0.25, 0.3) is 10.9 Å². The zero-order chi connectivity index (χ0) is 19.3. The molecule has 0 radical (unpaired) electrons. The van der Waals surface area contributed by atoms with Crippen LogP contribution < -0.4 is 20.4 Å². The number of pyridine rings is 1. The van der Waals surface area contributed by atoms with Crippen LogP contribution in [0.15, 0.2) is 17.1 Å². The van der Waals surface area contributed by atoms with Gasteiger partial charge in [-0.1, -0.05) is 0 Å². The van der Waals surface area contributed by atoms with E-state index >= 15 is 4.39 Å². The van der Waals surface area contributed by atoms with Gasteiger partial charge >= 0.3 is 6.16 Å². The number of nitrogens with zero attached hydrogens (tertiary/aromatic N) is 2. The summed E-state index contributed by atoms with van der Waals surface area (Å²) in [5.74, 6) is -0.725. The molecular weight excluding hydrogens is 353 g/mol. The fourth-order valence-electron chi connectivity index (χ4n) is 3.83. The molecular formula is C19H22FN3O4. The Morgan fingerprint density at radius 1 is 1.41 bits per heavy atom. The van der Waals surface area contributed by atoms with Crippen molar-refractivity contribution in [2.75, 3.05) is 24.5 Å². The fourth-order valence-corrected chi connectivity index (χ4v) is 3.83. The van der Waals surface area contributed by atoms with Crippen LogP contribution in [0.1, 0.15) is 31.4 Å². The molecule has 1 saturated carbocycles. The van der Waals surface area contributed by atoms with Crippen molar-refractivity contribution in [2.45, 2.75) is 38.8 Å². The van der Waals surface area contributed by atoms with E-state index in [4.69, 9.17) is 5.11 Å². The fraction of sp³-hybridized carbons (Fsp3) is 0.474. The summed E-state index contributed by atoms with van der Waals surface area (Å²) in [4.78, 5) is 25.7. The topological polar surface area (TPSA) is 83.8 Å². The molecule has 1 aliphatic heterocycles. The number of halogens is 1. The number of piperazine rings is 1. The van der Waals surface area contributed by atoms with Gasteiger partial charge in [0.15, 0.2) is 5.75 Å². The molecule has 2 fully saturated rings. The van der Waals surface area contributed by atoms with Crippen molar-refractivity contribution in [3.63, 3.8) is 0 Å². The minimum atomic E-state index is -1.56. The lowest BCUT2D eigenvalue weighted by molar-refractivity contribution is 0.143. The molecule has 1 saturated heterocycles. The summed E-state index contributed by atoms with van der Waals surface area (Å²) in [7, 11) is 0. The van der Waals surface area contributed by atoms with Crippen LogP contribution in [-0.4, -0.2) is 41.5 Å². The predicted molar refractivity (Wildman–Crippen MR) is 99.5 cm³/mol. The SMILES string of the molecule is Cc1c(F)c(N2CCNC(C)C2)cc2c1c(=O)c(OC(=O)O)cn2C1CC1. The second-order valence-electron chi connectivity index (χ2n) is 7.36. The van der Waals surface area contributed by atoms with Gasteiger partial charge in [0.1, 0.15) is 5.82 Å². The van der Waals surface area contributed by atoms with Gasteiger partial charge in [-0.15, -0.1) is 0 Å². The van der Waals surface area contributed by atoms with Crippen LogP contribution >= 0.6 is 0 Å². The number of aryl methyl sites for hydroxylation is 1. The van der Waals surface area contributed by atoms with Gasteiger partial charge in [-0.3, -0.25) is 4.79 Å². The Morgan fingerprint density at radius 3 is 2.78 bits per heavy atom. The van der Waals surface area contributed by atoms with Crippen molar-refractivity contribution in [2.24, 2.45) is 0 Å². The van der Waals surface area contributed by atoms with Crippen LogP contribution in [-0.2, 0) is 0 Å². The molecule has 144 valence electrons. The molecule has 2 aliphatic rings. The van der Waals surface area contributed by atoms with Gasteiger partial charge in [-0.2, -0.15) is 0 Å². The Hall–Kier alpha value is -2.61. The lowest BCUT2D eigenvalue weighted by Crippen LogP contribution is -2.49. The molecule has 2 heterocycles. The summed E-state index contributed by atoms with van der Waals surface area (Å²) in [5.41, 5.74) is 0.735. The third-order valence-electron chi connectivity index (χ3n) is 5.29. The molecule has 1 aromatic carbocycles. The van der Waals surface area contributed by atoms with Crippen molar-refractivity contribution < 1.29 is 19.0 Å². The second-order valence-corrected chi connectivity index (χ2v) is 7.36. The van der Waals surface area contributed by atoms with E-state index in [9.17, 15) is 9.59 Å². The summed E-state index contributed by atoms with van der Waals surface area (Å²) in [6.07, 6.45) is 1.75. The first-order valence-electron chi connectivity index (χ1n) is 9.14. The Bertz CT molecular complexity index is 983. The summed E-state index contributed by atoms with van der Waals surface area (Å²) in [5, 5.41) is 12.4. The van der Waals surface area contributed by atoms with E-state index in [1.165, 1.54) is 6.20 Å². The van der Waals surface area contributed by atoms with Crippen LogP contribution in [0, 0.1) is 12.7 Å². The van der Waals surface area contributed by atoms with Gasteiger partial charge in [0.05, 0.1) is 22.8 Å². The van der Waals surface area contributed by atoms with E-state index in [0.29, 0.717) is 24.3 Å². The van der Waals surface area contributed by atoms with E-state index < -0.39 is 17.4 Å². The van der Waals surface area contributed by atoms with Gasteiger partial charge in [0.2, 0.25) is 5.43 Å². The summed E-state index contributed by atoms with van der Waals surface area (Å²) in [6.45, 7) is 5.73. The lowest BCUT2D eigenvalue weighted by Gasteiger charge is -2.34. The largest absolute Gasteiger partial charge is 0.511 e. The maximum Gasteiger partial charge on any atom is 0.511 e. The number of carboxylic acid groups (broad SMARTS) is 1. The highest BCUT2D eigenvalue weighted by atomic mass is 19.1. The molecule has 7 nitrogen and oxygen atoms in total. The average molecular weight is 375 g/mol. The number of fused-ring (bicyclic) bond motifs is 1. The molecule has 8 heteroatoms. The first kappa shape index (κ1) is 17.8. The van der Waals surface area contributed by atoms with Crippen LogP contribution in [0.4, 0.5) is 14.9 Å².